The third kappa shape index (κ3) is 4.91. The van der Waals surface area contributed by atoms with Gasteiger partial charge in [0, 0.05) is 13.2 Å². The Morgan fingerprint density at radius 2 is 1.93 bits per heavy atom. The minimum atomic E-state index is -1.89. The molecule has 0 aliphatic carbocycles. The van der Waals surface area contributed by atoms with Crippen molar-refractivity contribution in [1.29, 1.82) is 0 Å². The zero-order chi connectivity index (χ0) is 11.0. The van der Waals surface area contributed by atoms with Crippen LogP contribution in [0.1, 0.15) is 39.5 Å². The van der Waals surface area contributed by atoms with E-state index in [1.807, 2.05) is 6.92 Å². The highest BCUT2D eigenvalue weighted by molar-refractivity contribution is 4.76. The number of ether oxygens (including phenoxy) is 1. The lowest BCUT2D eigenvalue weighted by Gasteiger charge is -2.29. The number of rotatable bonds is 8. The molecule has 4 N–H and O–H groups in total. The molecule has 0 aliphatic heterocycles. The predicted octanol–water partition coefficient (Wildman–Crippen LogP) is 0.611. The highest BCUT2D eigenvalue weighted by Crippen LogP contribution is 2.13. The van der Waals surface area contributed by atoms with Crippen LogP contribution in [0.15, 0.2) is 0 Å². The summed E-state index contributed by atoms with van der Waals surface area (Å²) in [6, 6.07) is 0. The lowest BCUT2D eigenvalue weighted by atomic mass is 10.1. The van der Waals surface area contributed by atoms with E-state index >= 15 is 0 Å². The summed E-state index contributed by atoms with van der Waals surface area (Å²) >= 11 is 0. The fourth-order valence-electron chi connectivity index (χ4n) is 1.29. The molecule has 86 valence electrons. The summed E-state index contributed by atoms with van der Waals surface area (Å²) in [5.41, 5.74) is 5.23. The Bertz CT molecular complexity index is 139. The summed E-state index contributed by atoms with van der Waals surface area (Å²) in [7, 11) is 0. The Balaban J connectivity index is 3.79. The highest BCUT2D eigenvalue weighted by atomic mass is 16.6. The zero-order valence-electron chi connectivity index (χ0n) is 9.20. The molecule has 0 aromatic heterocycles. The van der Waals surface area contributed by atoms with Crippen LogP contribution in [0.5, 0.6) is 0 Å². The lowest BCUT2D eigenvalue weighted by molar-refractivity contribution is -0.232. The van der Waals surface area contributed by atoms with Crippen LogP contribution >= 0.6 is 0 Å². The van der Waals surface area contributed by atoms with Gasteiger partial charge in [-0.25, -0.2) is 0 Å². The van der Waals surface area contributed by atoms with Gasteiger partial charge in [0.1, 0.15) is 6.10 Å². The molecule has 1 atom stereocenters. The van der Waals surface area contributed by atoms with Gasteiger partial charge < -0.3 is 20.7 Å². The normalized spacial score (nSPS) is 14.4. The van der Waals surface area contributed by atoms with Gasteiger partial charge in [-0.1, -0.05) is 26.7 Å². The summed E-state index contributed by atoms with van der Waals surface area (Å²) in [5.74, 6) is -1.89. The van der Waals surface area contributed by atoms with E-state index in [4.69, 9.17) is 10.5 Å². The summed E-state index contributed by atoms with van der Waals surface area (Å²) in [6.07, 6.45) is 3.15. The van der Waals surface area contributed by atoms with Crippen molar-refractivity contribution in [1.82, 2.24) is 0 Å². The molecule has 0 amide bonds. The van der Waals surface area contributed by atoms with E-state index in [0.29, 0.717) is 13.0 Å². The quantitative estimate of drug-likeness (QED) is 0.401. The monoisotopic (exact) mass is 205 g/mol. The van der Waals surface area contributed by atoms with E-state index in [2.05, 4.69) is 6.92 Å². The van der Waals surface area contributed by atoms with Crippen molar-refractivity contribution >= 4 is 0 Å². The molecule has 4 nitrogen and oxygen atoms in total. The van der Waals surface area contributed by atoms with E-state index in [0.717, 1.165) is 19.3 Å². The maximum absolute atomic E-state index is 9.45. The third-order valence-corrected chi connectivity index (χ3v) is 2.25. The number of nitrogens with two attached hydrogens (primary N) is 1. The molecule has 14 heavy (non-hydrogen) atoms. The second kappa shape index (κ2) is 7.17. The van der Waals surface area contributed by atoms with E-state index in [1.165, 1.54) is 0 Å². The van der Waals surface area contributed by atoms with Crippen LogP contribution in [-0.4, -0.2) is 35.3 Å². The molecule has 0 aromatic carbocycles. The fraction of sp³-hybridized carbons (Fsp3) is 1.00. The molecule has 0 spiro atoms. The molecule has 1 unspecified atom stereocenters. The van der Waals surface area contributed by atoms with E-state index in [9.17, 15) is 10.2 Å². The van der Waals surface area contributed by atoms with E-state index in [-0.39, 0.29) is 6.54 Å². The van der Waals surface area contributed by atoms with E-state index < -0.39 is 11.9 Å². The number of aliphatic hydroxyl groups is 2. The molecule has 0 aromatic rings. The molecular formula is C10H23NO3. The fourth-order valence-corrected chi connectivity index (χ4v) is 1.29. The molecule has 0 rings (SSSR count). The van der Waals surface area contributed by atoms with Crippen molar-refractivity contribution in [2.24, 2.45) is 5.73 Å². The summed E-state index contributed by atoms with van der Waals surface area (Å²) in [6.45, 7) is 4.33. The summed E-state index contributed by atoms with van der Waals surface area (Å²) in [5, 5.41) is 18.9. The number of hydrogen-bond donors (Lipinski definition) is 3. The summed E-state index contributed by atoms with van der Waals surface area (Å²) in [4.78, 5) is 0. The van der Waals surface area contributed by atoms with Crippen molar-refractivity contribution in [3.05, 3.63) is 0 Å². The molecule has 0 radical (unpaired) electrons. The molecule has 0 saturated heterocycles. The first-order chi connectivity index (χ1) is 6.58. The highest BCUT2D eigenvalue weighted by Gasteiger charge is 2.32. The van der Waals surface area contributed by atoms with Gasteiger partial charge in [0.25, 0.3) is 0 Å². The maximum atomic E-state index is 9.45. The van der Waals surface area contributed by atoms with Gasteiger partial charge in [0.15, 0.2) is 0 Å². The SMILES string of the molecule is CCCCCOC(CC)C(O)(O)CN. The summed E-state index contributed by atoms with van der Waals surface area (Å²) < 4.78 is 5.37. The number of hydrogen-bond acceptors (Lipinski definition) is 4. The smallest absolute Gasteiger partial charge is 0.202 e. The van der Waals surface area contributed by atoms with Gasteiger partial charge in [-0.3, -0.25) is 0 Å². The molecule has 0 aliphatic rings. The first-order valence-electron chi connectivity index (χ1n) is 5.34. The largest absolute Gasteiger partial charge is 0.373 e. The van der Waals surface area contributed by atoms with Gasteiger partial charge in [0.2, 0.25) is 5.79 Å². The van der Waals surface area contributed by atoms with Crippen LogP contribution in [0.25, 0.3) is 0 Å². The Morgan fingerprint density at radius 3 is 2.36 bits per heavy atom. The standard InChI is InChI=1S/C10H23NO3/c1-3-5-6-7-14-9(4-2)10(12,13)8-11/h9,12-13H,3-8,11H2,1-2H3. The van der Waals surface area contributed by atoms with E-state index in [1.54, 1.807) is 0 Å². The number of unbranched alkanes of at least 4 members (excludes halogenated alkanes) is 2. The average molecular weight is 205 g/mol. The van der Waals surface area contributed by atoms with Crippen molar-refractivity contribution in [3.63, 3.8) is 0 Å². The molecule has 0 fully saturated rings. The minimum Gasteiger partial charge on any atom is -0.373 e. The van der Waals surface area contributed by atoms with Crippen LogP contribution in [0.4, 0.5) is 0 Å². The van der Waals surface area contributed by atoms with Gasteiger partial charge in [-0.2, -0.15) is 0 Å². The zero-order valence-corrected chi connectivity index (χ0v) is 9.20. The van der Waals surface area contributed by atoms with Gasteiger partial charge in [-0.05, 0) is 12.8 Å². The molecule has 0 bridgehead atoms. The van der Waals surface area contributed by atoms with Crippen LogP contribution in [-0.2, 0) is 4.74 Å². The molecule has 0 heterocycles. The molecule has 0 saturated carbocycles. The minimum absolute atomic E-state index is 0.195. The third-order valence-electron chi connectivity index (χ3n) is 2.25. The second-order valence-corrected chi connectivity index (χ2v) is 3.56. The molecular weight excluding hydrogens is 182 g/mol. The lowest BCUT2D eigenvalue weighted by Crippen LogP contribution is -2.49. The Labute approximate surface area is 86.1 Å². The van der Waals surface area contributed by atoms with Crippen LogP contribution in [0.2, 0.25) is 0 Å². The van der Waals surface area contributed by atoms with Crippen molar-refractivity contribution < 1.29 is 14.9 Å². The van der Waals surface area contributed by atoms with Crippen molar-refractivity contribution in [2.45, 2.75) is 51.4 Å². The topological polar surface area (TPSA) is 75.7 Å². The Hall–Kier alpha value is -0.160. The van der Waals surface area contributed by atoms with Crippen LogP contribution in [0.3, 0.4) is 0 Å². The maximum Gasteiger partial charge on any atom is 0.202 e. The van der Waals surface area contributed by atoms with Crippen molar-refractivity contribution in [2.75, 3.05) is 13.2 Å². The van der Waals surface area contributed by atoms with Gasteiger partial charge >= 0.3 is 0 Å². The van der Waals surface area contributed by atoms with Gasteiger partial charge in [-0.15, -0.1) is 0 Å². The first-order valence-corrected chi connectivity index (χ1v) is 5.34. The average Bonchev–Trinajstić information content (AvgIpc) is 2.17. The Morgan fingerprint density at radius 1 is 1.29 bits per heavy atom. The second-order valence-electron chi connectivity index (χ2n) is 3.56. The van der Waals surface area contributed by atoms with Crippen LogP contribution in [0, 0.1) is 0 Å². The predicted molar refractivity (Wildman–Crippen MR) is 55.8 cm³/mol. The van der Waals surface area contributed by atoms with Crippen molar-refractivity contribution in [3.8, 4) is 0 Å². The Kier molecular flexibility index (Phi) is 7.09. The first kappa shape index (κ1) is 13.8. The van der Waals surface area contributed by atoms with Gasteiger partial charge in [0.05, 0.1) is 0 Å². The van der Waals surface area contributed by atoms with Crippen LogP contribution < -0.4 is 5.73 Å². The molecule has 4 heteroatoms.